The number of ether oxygens (including phenoxy) is 1. The molecule has 122 valence electrons. The number of amides is 1. The zero-order valence-corrected chi connectivity index (χ0v) is 14.2. The van der Waals surface area contributed by atoms with E-state index in [0.717, 1.165) is 4.47 Å². The third-order valence-corrected chi connectivity index (χ3v) is 3.62. The lowest BCUT2D eigenvalue weighted by atomic mass is 10.1. The SMILES string of the molecule is CC(C)(C(=O)O)n1cc(NC(=O)COc2cccc(Br)c2)cn1. The number of nitrogens with zero attached hydrogens (tertiary/aromatic N) is 2. The molecule has 7 nitrogen and oxygen atoms in total. The highest BCUT2D eigenvalue weighted by Crippen LogP contribution is 2.19. The van der Waals surface area contributed by atoms with Crippen molar-refractivity contribution in [1.82, 2.24) is 9.78 Å². The Kier molecular flexibility index (Phi) is 5.05. The molecule has 1 aromatic heterocycles. The largest absolute Gasteiger partial charge is 0.484 e. The van der Waals surface area contributed by atoms with Gasteiger partial charge in [-0.1, -0.05) is 22.0 Å². The topological polar surface area (TPSA) is 93.5 Å². The molecule has 0 aliphatic carbocycles. The second-order valence-electron chi connectivity index (χ2n) is 5.33. The summed E-state index contributed by atoms with van der Waals surface area (Å²) in [5.74, 6) is -0.814. The first-order chi connectivity index (χ1) is 10.8. The number of aromatic nitrogens is 2. The van der Waals surface area contributed by atoms with Crippen molar-refractivity contribution in [2.24, 2.45) is 0 Å². The molecule has 8 heteroatoms. The fourth-order valence-corrected chi connectivity index (χ4v) is 2.07. The van der Waals surface area contributed by atoms with Gasteiger partial charge >= 0.3 is 5.97 Å². The Morgan fingerprint density at radius 2 is 2.17 bits per heavy atom. The Labute approximate surface area is 141 Å². The highest BCUT2D eigenvalue weighted by Gasteiger charge is 2.30. The van der Waals surface area contributed by atoms with Crippen molar-refractivity contribution >= 4 is 33.5 Å². The predicted molar refractivity (Wildman–Crippen MR) is 87.5 cm³/mol. The molecule has 23 heavy (non-hydrogen) atoms. The highest BCUT2D eigenvalue weighted by molar-refractivity contribution is 9.10. The maximum atomic E-state index is 11.9. The fraction of sp³-hybridized carbons (Fsp3) is 0.267. The van der Waals surface area contributed by atoms with E-state index >= 15 is 0 Å². The smallest absolute Gasteiger partial charge is 0.331 e. The van der Waals surface area contributed by atoms with Gasteiger partial charge in [-0.05, 0) is 32.0 Å². The molecular formula is C15H16BrN3O4. The zero-order valence-electron chi connectivity index (χ0n) is 12.6. The van der Waals surface area contributed by atoms with Gasteiger partial charge in [0.25, 0.3) is 5.91 Å². The standard InChI is InChI=1S/C15H16BrN3O4/c1-15(2,14(21)22)19-8-11(7-17-19)18-13(20)9-23-12-5-3-4-10(16)6-12/h3-8H,9H2,1-2H3,(H,18,20)(H,21,22). The van der Waals surface area contributed by atoms with Gasteiger partial charge in [0.05, 0.1) is 11.9 Å². The number of hydrogen-bond donors (Lipinski definition) is 2. The monoisotopic (exact) mass is 381 g/mol. The Bertz CT molecular complexity index is 727. The normalized spacial score (nSPS) is 11.1. The molecule has 0 aliphatic rings. The summed E-state index contributed by atoms with van der Waals surface area (Å²) in [7, 11) is 0. The summed E-state index contributed by atoms with van der Waals surface area (Å²) in [6, 6.07) is 7.15. The van der Waals surface area contributed by atoms with Crippen LogP contribution in [0.1, 0.15) is 13.8 Å². The molecule has 0 bridgehead atoms. The maximum absolute atomic E-state index is 11.9. The minimum Gasteiger partial charge on any atom is -0.484 e. The molecule has 0 radical (unpaired) electrons. The molecule has 0 saturated heterocycles. The van der Waals surface area contributed by atoms with Crippen molar-refractivity contribution in [2.45, 2.75) is 19.4 Å². The molecule has 0 spiro atoms. The number of carbonyl (C=O) groups excluding carboxylic acids is 1. The Balaban J connectivity index is 1.93. The number of carboxylic acid groups (broad SMARTS) is 1. The number of carboxylic acids is 1. The van der Waals surface area contributed by atoms with Crippen LogP contribution in [0.5, 0.6) is 5.75 Å². The second kappa shape index (κ2) is 6.82. The second-order valence-corrected chi connectivity index (χ2v) is 6.25. The van der Waals surface area contributed by atoms with Gasteiger partial charge in [0.2, 0.25) is 0 Å². The number of aliphatic carboxylic acids is 1. The van der Waals surface area contributed by atoms with Crippen LogP contribution in [0.2, 0.25) is 0 Å². The summed E-state index contributed by atoms with van der Waals surface area (Å²) in [5.41, 5.74) is -0.794. The Hall–Kier alpha value is -2.35. The van der Waals surface area contributed by atoms with Crippen LogP contribution in [0.25, 0.3) is 0 Å². The van der Waals surface area contributed by atoms with Crippen molar-refractivity contribution in [3.63, 3.8) is 0 Å². The third-order valence-electron chi connectivity index (χ3n) is 3.13. The third kappa shape index (κ3) is 4.32. The van der Waals surface area contributed by atoms with Crippen LogP contribution in [0.3, 0.4) is 0 Å². The van der Waals surface area contributed by atoms with Crippen LogP contribution in [-0.4, -0.2) is 33.4 Å². The summed E-state index contributed by atoms with van der Waals surface area (Å²) < 4.78 is 7.50. The van der Waals surface area contributed by atoms with E-state index in [2.05, 4.69) is 26.3 Å². The van der Waals surface area contributed by atoms with Gasteiger partial charge in [-0.25, -0.2) is 4.79 Å². The van der Waals surface area contributed by atoms with E-state index in [0.29, 0.717) is 11.4 Å². The summed E-state index contributed by atoms with van der Waals surface area (Å²) in [4.78, 5) is 23.0. The van der Waals surface area contributed by atoms with Crippen molar-refractivity contribution < 1.29 is 19.4 Å². The number of anilines is 1. The number of rotatable bonds is 6. The molecule has 2 aromatic rings. The van der Waals surface area contributed by atoms with Crippen molar-refractivity contribution in [1.29, 1.82) is 0 Å². The summed E-state index contributed by atoms with van der Waals surface area (Å²) in [6.07, 6.45) is 2.85. The molecule has 0 fully saturated rings. The van der Waals surface area contributed by atoms with Crippen molar-refractivity contribution in [3.05, 3.63) is 41.1 Å². The van der Waals surface area contributed by atoms with Crippen molar-refractivity contribution in [3.8, 4) is 5.75 Å². The Morgan fingerprint density at radius 1 is 1.43 bits per heavy atom. The number of halogens is 1. The molecule has 2 rings (SSSR count). The minimum absolute atomic E-state index is 0.163. The van der Waals surface area contributed by atoms with E-state index in [1.165, 1.54) is 30.9 Å². The number of hydrogen-bond acceptors (Lipinski definition) is 4. The lowest BCUT2D eigenvalue weighted by molar-refractivity contribution is -0.146. The van der Waals surface area contributed by atoms with Gasteiger partial charge in [-0.2, -0.15) is 5.10 Å². The first-order valence-corrected chi connectivity index (χ1v) is 7.55. The van der Waals surface area contributed by atoms with E-state index in [1.54, 1.807) is 18.2 Å². The van der Waals surface area contributed by atoms with Gasteiger partial charge in [0, 0.05) is 10.7 Å². The number of nitrogens with one attached hydrogen (secondary N) is 1. The van der Waals surface area contributed by atoms with Crippen molar-refractivity contribution in [2.75, 3.05) is 11.9 Å². The minimum atomic E-state index is -1.20. The van der Waals surface area contributed by atoms with Crippen LogP contribution in [0, 0.1) is 0 Å². The zero-order chi connectivity index (χ0) is 17.0. The van der Waals surface area contributed by atoms with Gasteiger partial charge in [0.15, 0.2) is 12.1 Å². The van der Waals surface area contributed by atoms with E-state index in [9.17, 15) is 9.59 Å². The lowest BCUT2D eigenvalue weighted by Gasteiger charge is -2.19. The molecular weight excluding hydrogens is 366 g/mol. The van der Waals surface area contributed by atoms with Crippen LogP contribution < -0.4 is 10.1 Å². The van der Waals surface area contributed by atoms with E-state index in [1.807, 2.05) is 6.07 Å². The molecule has 1 amide bonds. The lowest BCUT2D eigenvalue weighted by Crippen LogP contribution is -2.35. The van der Waals surface area contributed by atoms with Crippen LogP contribution >= 0.6 is 15.9 Å². The van der Waals surface area contributed by atoms with Gasteiger partial charge in [0.1, 0.15) is 5.75 Å². The first-order valence-electron chi connectivity index (χ1n) is 6.76. The molecule has 1 aromatic carbocycles. The predicted octanol–water partition coefficient (Wildman–Crippen LogP) is 2.48. The van der Waals surface area contributed by atoms with E-state index in [4.69, 9.17) is 9.84 Å². The summed E-state index contributed by atoms with van der Waals surface area (Å²) >= 11 is 3.32. The average molecular weight is 382 g/mol. The average Bonchev–Trinajstić information content (AvgIpc) is 2.94. The maximum Gasteiger partial charge on any atom is 0.331 e. The summed E-state index contributed by atoms with van der Waals surface area (Å²) in [6.45, 7) is 2.87. The molecule has 0 aliphatic heterocycles. The van der Waals surface area contributed by atoms with Crippen LogP contribution in [0.4, 0.5) is 5.69 Å². The van der Waals surface area contributed by atoms with Crippen LogP contribution in [0.15, 0.2) is 41.1 Å². The van der Waals surface area contributed by atoms with Gasteiger partial charge in [-0.3, -0.25) is 9.48 Å². The van der Waals surface area contributed by atoms with E-state index in [-0.39, 0.29) is 12.5 Å². The Morgan fingerprint density at radius 3 is 2.83 bits per heavy atom. The van der Waals surface area contributed by atoms with E-state index < -0.39 is 11.5 Å². The summed E-state index contributed by atoms with van der Waals surface area (Å²) in [5, 5.41) is 15.7. The van der Waals surface area contributed by atoms with Gasteiger partial charge < -0.3 is 15.2 Å². The fourth-order valence-electron chi connectivity index (χ4n) is 1.69. The quantitative estimate of drug-likeness (QED) is 0.801. The van der Waals surface area contributed by atoms with Crippen LogP contribution in [-0.2, 0) is 15.1 Å². The molecule has 1 heterocycles. The molecule has 0 atom stereocenters. The first kappa shape index (κ1) is 17.0. The molecule has 0 saturated carbocycles. The molecule has 2 N–H and O–H groups in total. The number of benzene rings is 1. The number of carbonyl (C=O) groups is 2. The highest BCUT2D eigenvalue weighted by atomic mass is 79.9. The molecule has 0 unspecified atom stereocenters. The van der Waals surface area contributed by atoms with Gasteiger partial charge in [-0.15, -0.1) is 0 Å².